The van der Waals surface area contributed by atoms with Crippen LogP contribution in [0, 0.1) is 0 Å². The van der Waals surface area contributed by atoms with E-state index in [0.717, 1.165) is 28.2 Å². The maximum absolute atomic E-state index is 12.7. The Labute approximate surface area is 145 Å². The molecule has 2 aliphatic rings. The molecule has 0 N–H and O–H groups in total. The molecule has 0 radical (unpaired) electrons. The van der Waals surface area contributed by atoms with Crippen molar-refractivity contribution >= 4 is 27.6 Å². The van der Waals surface area contributed by atoms with E-state index in [2.05, 4.69) is 0 Å². The summed E-state index contributed by atoms with van der Waals surface area (Å²) in [5.41, 5.74) is 1.50. The quantitative estimate of drug-likeness (QED) is 0.825. The third kappa shape index (κ3) is 2.68. The van der Waals surface area contributed by atoms with Gasteiger partial charge >= 0.3 is 0 Å². The number of hydrogen-bond donors (Lipinski definition) is 0. The second-order valence-electron chi connectivity index (χ2n) is 6.08. The molecule has 0 amide bonds. The van der Waals surface area contributed by atoms with Gasteiger partial charge in [-0.05, 0) is 42.7 Å². The molecule has 0 saturated carbocycles. The molecule has 0 aliphatic carbocycles. The van der Waals surface area contributed by atoms with Crippen molar-refractivity contribution in [2.45, 2.75) is 33.9 Å². The summed E-state index contributed by atoms with van der Waals surface area (Å²) in [5, 5.41) is 0. The number of carbonyl (C=O) groups excluding carboxylic acids is 1. The molecule has 124 valence electrons. The van der Waals surface area contributed by atoms with Crippen molar-refractivity contribution in [2.75, 3.05) is 13.1 Å². The molecule has 0 spiro atoms. The first-order chi connectivity index (χ1) is 11.6. The van der Waals surface area contributed by atoms with Gasteiger partial charge in [0.2, 0.25) is 10.0 Å². The van der Waals surface area contributed by atoms with Crippen LogP contribution in [0.15, 0.2) is 57.2 Å². The lowest BCUT2D eigenvalue weighted by Gasteiger charge is -2.16. The Balaban J connectivity index is 1.75. The summed E-state index contributed by atoms with van der Waals surface area (Å²) < 4.78 is 27.0. The Bertz CT molecular complexity index is 916. The third-order valence-electron chi connectivity index (χ3n) is 4.49. The lowest BCUT2D eigenvalue weighted by molar-refractivity contribution is 0.0990. The Morgan fingerprint density at radius 2 is 1.71 bits per heavy atom. The predicted octanol–water partition coefficient (Wildman–Crippen LogP) is 3.36. The molecule has 2 heterocycles. The highest BCUT2D eigenvalue weighted by atomic mass is 32.2. The molecule has 1 fully saturated rings. The lowest BCUT2D eigenvalue weighted by Crippen LogP contribution is -2.28. The fourth-order valence-corrected chi connectivity index (χ4v) is 5.85. The number of benzene rings is 2. The van der Waals surface area contributed by atoms with E-state index in [9.17, 15) is 13.2 Å². The Morgan fingerprint density at radius 1 is 0.958 bits per heavy atom. The summed E-state index contributed by atoms with van der Waals surface area (Å²) in [6.45, 7) is 1.16. The van der Waals surface area contributed by atoms with Gasteiger partial charge in [-0.15, -0.1) is 0 Å². The van der Waals surface area contributed by atoms with E-state index in [-0.39, 0.29) is 12.2 Å². The van der Waals surface area contributed by atoms with E-state index >= 15 is 0 Å². The van der Waals surface area contributed by atoms with Crippen molar-refractivity contribution in [1.29, 1.82) is 0 Å². The number of sulfonamides is 1. The number of hydrogen-bond acceptors (Lipinski definition) is 4. The zero-order valence-corrected chi connectivity index (χ0v) is 14.7. The molecule has 2 aromatic carbocycles. The molecule has 4 nitrogen and oxygen atoms in total. The van der Waals surface area contributed by atoms with E-state index in [0.29, 0.717) is 23.5 Å². The number of fused-ring (bicyclic) bond motifs is 2. The van der Waals surface area contributed by atoms with Crippen LogP contribution >= 0.6 is 11.8 Å². The zero-order chi connectivity index (χ0) is 16.7. The van der Waals surface area contributed by atoms with Gasteiger partial charge in [0, 0.05) is 34.9 Å². The van der Waals surface area contributed by atoms with Crippen molar-refractivity contribution in [3.63, 3.8) is 0 Å². The van der Waals surface area contributed by atoms with E-state index in [1.807, 2.05) is 30.3 Å². The van der Waals surface area contributed by atoms with Gasteiger partial charge in [-0.1, -0.05) is 30.0 Å². The van der Waals surface area contributed by atoms with Crippen LogP contribution in [0.5, 0.6) is 0 Å². The molecule has 0 unspecified atom stereocenters. The third-order valence-corrected chi connectivity index (χ3v) is 7.58. The first kappa shape index (κ1) is 15.9. The van der Waals surface area contributed by atoms with E-state index in [1.54, 1.807) is 12.1 Å². The van der Waals surface area contributed by atoms with Crippen LogP contribution < -0.4 is 0 Å². The Kier molecular flexibility index (Phi) is 3.98. The molecule has 2 aliphatic heterocycles. The van der Waals surface area contributed by atoms with Crippen LogP contribution in [0.25, 0.3) is 0 Å². The molecule has 6 heteroatoms. The number of ketones is 1. The molecule has 4 rings (SSSR count). The summed E-state index contributed by atoms with van der Waals surface area (Å²) >= 11 is 1.53. The van der Waals surface area contributed by atoms with Gasteiger partial charge in [-0.25, -0.2) is 8.42 Å². The average Bonchev–Trinajstić information content (AvgIpc) is 3.07. The fraction of sp³-hybridized carbons (Fsp3) is 0.278. The van der Waals surface area contributed by atoms with Crippen molar-refractivity contribution < 1.29 is 13.2 Å². The van der Waals surface area contributed by atoms with Gasteiger partial charge < -0.3 is 0 Å². The van der Waals surface area contributed by atoms with Gasteiger partial charge in [-0.3, -0.25) is 4.79 Å². The summed E-state index contributed by atoms with van der Waals surface area (Å²) in [7, 11) is -3.46. The summed E-state index contributed by atoms with van der Waals surface area (Å²) in [5.74, 6) is 0.0348. The van der Waals surface area contributed by atoms with Crippen molar-refractivity contribution in [3.8, 4) is 0 Å². The highest BCUT2D eigenvalue weighted by molar-refractivity contribution is 7.99. The van der Waals surface area contributed by atoms with E-state index in [1.165, 1.54) is 16.1 Å². The summed E-state index contributed by atoms with van der Waals surface area (Å²) in [4.78, 5) is 14.7. The topological polar surface area (TPSA) is 54.5 Å². The molecule has 24 heavy (non-hydrogen) atoms. The molecule has 0 atom stereocenters. The molecule has 1 saturated heterocycles. The molecule has 0 aromatic heterocycles. The normalized spacial score (nSPS) is 18.1. The van der Waals surface area contributed by atoms with Crippen molar-refractivity contribution in [2.24, 2.45) is 0 Å². The molecular formula is C18H17NO3S2. The van der Waals surface area contributed by atoms with Crippen molar-refractivity contribution in [1.82, 2.24) is 4.31 Å². The number of carbonyl (C=O) groups is 1. The van der Waals surface area contributed by atoms with Crippen molar-refractivity contribution in [3.05, 3.63) is 53.6 Å². The molecular weight excluding hydrogens is 342 g/mol. The average molecular weight is 359 g/mol. The summed E-state index contributed by atoms with van der Waals surface area (Å²) in [6, 6.07) is 12.7. The minimum atomic E-state index is -3.46. The van der Waals surface area contributed by atoms with Crippen LogP contribution in [-0.4, -0.2) is 31.6 Å². The maximum Gasteiger partial charge on any atom is 0.243 e. The first-order valence-corrected chi connectivity index (χ1v) is 10.2. The van der Waals surface area contributed by atoms with Crippen LogP contribution in [0.3, 0.4) is 0 Å². The molecule has 2 aromatic rings. The van der Waals surface area contributed by atoms with Crippen LogP contribution in [0.2, 0.25) is 0 Å². The van der Waals surface area contributed by atoms with Gasteiger partial charge in [0.15, 0.2) is 5.78 Å². The largest absolute Gasteiger partial charge is 0.294 e. The lowest BCUT2D eigenvalue weighted by atomic mass is 10.0. The fourth-order valence-electron chi connectivity index (χ4n) is 3.20. The monoisotopic (exact) mass is 359 g/mol. The Hall–Kier alpha value is -1.63. The highest BCUT2D eigenvalue weighted by Gasteiger charge is 2.29. The van der Waals surface area contributed by atoms with Crippen LogP contribution in [0.4, 0.5) is 0 Å². The number of rotatable bonds is 2. The minimum Gasteiger partial charge on any atom is -0.294 e. The summed E-state index contributed by atoms with van der Waals surface area (Å²) in [6.07, 6.45) is 2.06. The molecule has 0 bridgehead atoms. The van der Waals surface area contributed by atoms with Gasteiger partial charge in [0.05, 0.1) is 4.90 Å². The zero-order valence-electron chi connectivity index (χ0n) is 13.1. The van der Waals surface area contributed by atoms with Gasteiger partial charge in [-0.2, -0.15) is 4.31 Å². The minimum absolute atomic E-state index is 0.0348. The van der Waals surface area contributed by atoms with E-state index < -0.39 is 10.0 Å². The Morgan fingerprint density at radius 3 is 2.50 bits per heavy atom. The second kappa shape index (κ2) is 6.02. The standard InChI is InChI=1S/C18H17NO3S2/c20-16-12-13-11-14(24(21,22)19-9-3-4-10-19)7-8-17(13)23-18-6-2-1-5-15(16)18/h1-2,5-8,11H,3-4,9-10,12H2. The van der Waals surface area contributed by atoms with Crippen LogP contribution in [-0.2, 0) is 16.4 Å². The SMILES string of the molecule is O=C1Cc2cc(S(=O)(=O)N3CCCC3)ccc2Sc2ccccc21. The van der Waals surface area contributed by atoms with Gasteiger partial charge in [0.1, 0.15) is 0 Å². The highest BCUT2D eigenvalue weighted by Crippen LogP contribution is 2.38. The first-order valence-electron chi connectivity index (χ1n) is 7.99. The predicted molar refractivity (Wildman–Crippen MR) is 93.0 cm³/mol. The number of Topliss-reactive ketones (excluding diaryl/α,β-unsaturated/α-hetero) is 1. The second-order valence-corrected chi connectivity index (χ2v) is 9.10. The van der Waals surface area contributed by atoms with Crippen LogP contribution in [0.1, 0.15) is 28.8 Å². The smallest absolute Gasteiger partial charge is 0.243 e. The maximum atomic E-state index is 12.7. The van der Waals surface area contributed by atoms with E-state index in [4.69, 9.17) is 0 Å². The number of nitrogens with zero attached hydrogens (tertiary/aromatic N) is 1. The van der Waals surface area contributed by atoms with Gasteiger partial charge in [0.25, 0.3) is 0 Å².